The molecule has 0 aliphatic carbocycles. The predicted octanol–water partition coefficient (Wildman–Crippen LogP) is 2.91. The molecule has 18 heavy (non-hydrogen) atoms. The summed E-state index contributed by atoms with van der Waals surface area (Å²) in [6, 6.07) is 8.50. The molecule has 0 amide bonds. The van der Waals surface area contributed by atoms with Crippen LogP contribution in [0.1, 0.15) is 37.3 Å². The average Bonchev–Trinajstić information content (AvgIpc) is 2.46. The molecule has 1 aromatic rings. The maximum absolute atomic E-state index is 5.82. The number of rotatable bonds is 5. The van der Waals surface area contributed by atoms with Gasteiger partial charge in [-0.1, -0.05) is 18.2 Å². The van der Waals surface area contributed by atoms with E-state index in [2.05, 4.69) is 17.4 Å². The lowest BCUT2D eigenvalue weighted by atomic mass is 9.96. The Balaban J connectivity index is 2.07. The molecule has 2 atom stereocenters. The van der Waals surface area contributed by atoms with Crippen molar-refractivity contribution in [1.82, 2.24) is 5.32 Å². The molecule has 0 bridgehead atoms. The predicted molar refractivity (Wildman–Crippen MR) is 73.0 cm³/mol. The summed E-state index contributed by atoms with van der Waals surface area (Å²) in [7, 11) is 3.72. The molecule has 3 nitrogen and oxygen atoms in total. The Labute approximate surface area is 109 Å². The van der Waals surface area contributed by atoms with Crippen molar-refractivity contribution in [2.75, 3.05) is 20.8 Å². The van der Waals surface area contributed by atoms with E-state index in [9.17, 15) is 0 Å². The lowest BCUT2D eigenvalue weighted by molar-refractivity contribution is 0.00536. The van der Waals surface area contributed by atoms with Crippen LogP contribution in [0.2, 0.25) is 0 Å². The van der Waals surface area contributed by atoms with Crippen LogP contribution in [0.4, 0.5) is 0 Å². The largest absolute Gasteiger partial charge is 0.496 e. The van der Waals surface area contributed by atoms with Gasteiger partial charge in [0.25, 0.3) is 0 Å². The molecule has 2 rings (SSSR count). The van der Waals surface area contributed by atoms with Gasteiger partial charge >= 0.3 is 0 Å². The Hall–Kier alpha value is -1.06. The molecule has 1 saturated heterocycles. The van der Waals surface area contributed by atoms with Crippen LogP contribution >= 0.6 is 0 Å². The number of para-hydroxylation sites is 1. The third-order valence-corrected chi connectivity index (χ3v) is 3.64. The third-order valence-electron chi connectivity index (χ3n) is 3.64. The summed E-state index contributed by atoms with van der Waals surface area (Å²) in [5.41, 5.74) is 1.22. The topological polar surface area (TPSA) is 30.5 Å². The second kappa shape index (κ2) is 6.76. The summed E-state index contributed by atoms with van der Waals surface area (Å²) in [6.07, 6.45) is 5.05. The van der Waals surface area contributed by atoms with Gasteiger partial charge in [0.1, 0.15) is 5.75 Å². The molecular formula is C15H23NO2. The first-order valence-electron chi connectivity index (χ1n) is 6.77. The van der Waals surface area contributed by atoms with Crippen molar-refractivity contribution in [3.8, 4) is 5.75 Å². The van der Waals surface area contributed by atoms with Crippen LogP contribution in [-0.4, -0.2) is 26.9 Å². The van der Waals surface area contributed by atoms with Gasteiger partial charge in [-0.3, -0.25) is 0 Å². The SMILES string of the molecule is CNC(CC1CCCCO1)c1ccccc1OC. The molecule has 1 aliphatic rings. The second-order valence-corrected chi connectivity index (χ2v) is 4.81. The summed E-state index contributed by atoms with van der Waals surface area (Å²) in [6.45, 7) is 0.910. The van der Waals surface area contributed by atoms with Crippen LogP contribution in [-0.2, 0) is 4.74 Å². The summed E-state index contributed by atoms with van der Waals surface area (Å²) < 4.78 is 11.3. The summed E-state index contributed by atoms with van der Waals surface area (Å²) in [5, 5.41) is 3.38. The molecule has 1 fully saturated rings. The summed E-state index contributed by atoms with van der Waals surface area (Å²) >= 11 is 0. The van der Waals surface area contributed by atoms with Gasteiger partial charge in [-0.2, -0.15) is 0 Å². The number of methoxy groups -OCH3 is 1. The van der Waals surface area contributed by atoms with Crippen molar-refractivity contribution < 1.29 is 9.47 Å². The highest BCUT2D eigenvalue weighted by Crippen LogP contribution is 2.30. The molecular weight excluding hydrogens is 226 g/mol. The number of hydrogen-bond acceptors (Lipinski definition) is 3. The quantitative estimate of drug-likeness (QED) is 0.870. The smallest absolute Gasteiger partial charge is 0.123 e. The van der Waals surface area contributed by atoms with Gasteiger partial charge in [0.2, 0.25) is 0 Å². The van der Waals surface area contributed by atoms with Crippen LogP contribution in [0, 0.1) is 0 Å². The highest BCUT2D eigenvalue weighted by Gasteiger charge is 2.21. The maximum Gasteiger partial charge on any atom is 0.123 e. The molecule has 0 saturated carbocycles. The van der Waals surface area contributed by atoms with Crippen LogP contribution < -0.4 is 10.1 Å². The minimum Gasteiger partial charge on any atom is -0.496 e. The molecule has 0 radical (unpaired) electrons. The van der Waals surface area contributed by atoms with E-state index in [4.69, 9.17) is 9.47 Å². The van der Waals surface area contributed by atoms with Crippen molar-refractivity contribution in [3.63, 3.8) is 0 Å². The Morgan fingerprint density at radius 3 is 2.89 bits per heavy atom. The summed E-state index contributed by atoms with van der Waals surface area (Å²) in [4.78, 5) is 0. The van der Waals surface area contributed by atoms with Crippen LogP contribution in [0.25, 0.3) is 0 Å². The van der Waals surface area contributed by atoms with Gasteiger partial charge in [-0.25, -0.2) is 0 Å². The van der Waals surface area contributed by atoms with E-state index >= 15 is 0 Å². The lowest BCUT2D eigenvalue weighted by Gasteiger charge is -2.27. The summed E-state index contributed by atoms with van der Waals surface area (Å²) in [5.74, 6) is 0.952. The van der Waals surface area contributed by atoms with Gasteiger partial charge in [-0.15, -0.1) is 0 Å². The van der Waals surface area contributed by atoms with Gasteiger partial charge in [-0.05, 0) is 38.8 Å². The van der Waals surface area contributed by atoms with E-state index in [0.717, 1.165) is 18.8 Å². The van der Waals surface area contributed by atoms with Crippen molar-refractivity contribution in [2.45, 2.75) is 37.8 Å². The number of nitrogens with one attached hydrogen (secondary N) is 1. The van der Waals surface area contributed by atoms with Crippen LogP contribution in [0.5, 0.6) is 5.75 Å². The van der Waals surface area contributed by atoms with Crippen molar-refractivity contribution >= 4 is 0 Å². The fourth-order valence-electron chi connectivity index (χ4n) is 2.61. The molecule has 0 spiro atoms. The number of ether oxygens (including phenoxy) is 2. The number of hydrogen-bond donors (Lipinski definition) is 1. The van der Waals surface area contributed by atoms with Gasteiger partial charge in [0, 0.05) is 18.2 Å². The monoisotopic (exact) mass is 249 g/mol. The highest BCUT2D eigenvalue weighted by molar-refractivity contribution is 5.35. The second-order valence-electron chi connectivity index (χ2n) is 4.81. The molecule has 1 heterocycles. The zero-order valence-corrected chi connectivity index (χ0v) is 11.3. The third kappa shape index (κ3) is 3.24. The van der Waals surface area contributed by atoms with Gasteiger partial charge in [0.15, 0.2) is 0 Å². The van der Waals surface area contributed by atoms with E-state index in [0.29, 0.717) is 12.1 Å². The van der Waals surface area contributed by atoms with Crippen LogP contribution in [0.3, 0.4) is 0 Å². The van der Waals surface area contributed by atoms with E-state index < -0.39 is 0 Å². The first-order chi connectivity index (χ1) is 8.85. The van der Waals surface area contributed by atoms with Gasteiger partial charge < -0.3 is 14.8 Å². The zero-order chi connectivity index (χ0) is 12.8. The van der Waals surface area contributed by atoms with Crippen molar-refractivity contribution in [2.24, 2.45) is 0 Å². The Bertz CT molecular complexity index is 361. The normalized spacial score (nSPS) is 21.6. The molecule has 1 N–H and O–H groups in total. The molecule has 1 aliphatic heterocycles. The minimum atomic E-state index is 0.296. The molecule has 0 aromatic heterocycles. The van der Waals surface area contributed by atoms with E-state index in [-0.39, 0.29) is 0 Å². The Morgan fingerprint density at radius 1 is 1.39 bits per heavy atom. The fraction of sp³-hybridized carbons (Fsp3) is 0.600. The molecule has 2 unspecified atom stereocenters. The van der Waals surface area contributed by atoms with Crippen molar-refractivity contribution in [3.05, 3.63) is 29.8 Å². The fourth-order valence-corrected chi connectivity index (χ4v) is 2.61. The van der Waals surface area contributed by atoms with E-state index in [1.807, 2.05) is 19.2 Å². The lowest BCUT2D eigenvalue weighted by Crippen LogP contribution is -2.27. The number of benzene rings is 1. The first kappa shape index (κ1) is 13.4. The Morgan fingerprint density at radius 2 is 2.22 bits per heavy atom. The molecule has 1 aromatic carbocycles. The average molecular weight is 249 g/mol. The van der Waals surface area contributed by atoms with Gasteiger partial charge in [0.05, 0.1) is 13.2 Å². The van der Waals surface area contributed by atoms with E-state index in [1.54, 1.807) is 7.11 Å². The minimum absolute atomic E-state index is 0.296. The molecule has 3 heteroatoms. The Kier molecular flexibility index (Phi) is 5.02. The maximum atomic E-state index is 5.82. The highest BCUT2D eigenvalue weighted by atomic mass is 16.5. The molecule has 100 valence electrons. The van der Waals surface area contributed by atoms with E-state index in [1.165, 1.54) is 24.8 Å². The zero-order valence-electron chi connectivity index (χ0n) is 11.3. The van der Waals surface area contributed by atoms with Crippen LogP contribution in [0.15, 0.2) is 24.3 Å². The first-order valence-corrected chi connectivity index (χ1v) is 6.77. The van der Waals surface area contributed by atoms with Crippen molar-refractivity contribution in [1.29, 1.82) is 0 Å². The standard InChI is InChI=1S/C15H23NO2/c1-16-14(11-12-7-5-6-10-18-12)13-8-3-4-9-15(13)17-2/h3-4,8-9,12,14,16H,5-7,10-11H2,1-2H3.